The van der Waals surface area contributed by atoms with Gasteiger partial charge in [-0.15, -0.1) is 0 Å². The van der Waals surface area contributed by atoms with E-state index in [-0.39, 0.29) is 18.0 Å². The van der Waals surface area contributed by atoms with Gasteiger partial charge in [0.25, 0.3) is 0 Å². The van der Waals surface area contributed by atoms with E-state index < -0.39 is 0 Å². The van der Waals surface area contributed by atoms with Crippen LogP contribution in [0.25, 0.3) is 0 Å². The van der Waals surface area contributed by atoms with Crippen molar-refractivity contribution in [3.8, 4) is 0 Å². The molecule has 0 spiro atoms. The van der Waals surface area contributed by atoms with Crippen molar-refractivity contribution in [2.24, 2.45) is 0 Å². The Bertz CT molecular complexity index is 836. The van der Waals surface area contributed by atoms with Crippen LogP contribution < -0.4 is 16.0 Å². The number of halogens is 1. The van der Waals surface area contributed by atoms with Gasteiger partial charge in [-0.1, -0.05) is 43.6 Å². The number of rotatable bonds is 6. The average Bonchev–Trinajstić information content (AvgIpc) is 2.61. The van der Waals surface area contributed by atoms with Gasteiger partial charge in [-0.05, 0) is 54.7 Å². The molecular weight excluding hydrogens is 362 g/mol. The van der Waals surface area contributed by atoms with Crippen LogP contribution in [0.1, 0.15) is 50.4 Å². The maximum Gasteiger partial charge on any atom is 0.319 e. The fourth-order valence-corrected chi connectivity index (χ4v) is 3.28. The summed E-state index contributed by atoms with van der Waals surface area (Å²) in [5, 5.41) is 9.31. The van der Waals surface area contributed by atoms with E-state index in [1.807, 2.05) is 57.2 Å². The number of carbonyl (C=O) groups is 2. The summed E-state index contributed by atoms with van der Waals surface area (Å²) >= 11 is 6.30. The summed E-state index contributed by atoms with van der Waals surface area (Å²) in [6, 6.07) is 10.7. The van der Waals surface area contributed by atoms with Crippen molar-refractivity contribution >= 4 is 34.9 Å². The molecular formula is C21H26ClN3O2. The highest BCUT2D eigenvalue weighted by Crippen LogP contribution is 2.29. The number of urea groups is 1. The van der Waals surface area contributed by atoms with Crippen LogP contribution in [-0.2, 0) is 17.6 Å². The molecule has 0 unspecified atom stereocenters. The third kappa shape index (κ3) is 5.47. The fourth-order valence-electron chi connectivity index (χ4n) is 2.99. The molecule has 0 aliphatic rings. The summed E-state index contributed by atoms with van der Waals surface area (Å²) in [5.41, 5.74) is 4.36. The molecule has 5 nitrogen and oxygen atoms in total. The highest BCUT2D eigenvalue weighted by Gasteiger charge is 2.15. The summed E-state index contributed by atoms with van der Waals surface area (Å²) < 4.78 is 0. The van der Waals surface area contributed by atoms with Crippen LogP contribution in [-0.4, -0.2) is 11.9 Å². The lowest BCUT2D eigenvalue weighted by Gasteiger charge is -2.19. The molecule has 2 aromatic rings. The molecule has 6 heteroatoms. The topological polar surface area (TPSA) is 70.2 Å². The zero-order valence-corrected chi connectivity index (χ0v) is 16.9. The van der Waals surface area contributed by atoms with Gasteiger partial charge in [-0.25, -0.2) is 4.79 Å². The number of benzene rings is 2. The van der Waals surface area contributed by atoms with E-state index in [1.54, 1.807) is 0 Å². The van der Waals surface area contributed by atoms with Gasteiger partial charge in [0.15, 0.2) is 0 Å². The molecule has 2 rings (SSSR count). The van der Waals surface area contributed by atoms with Gasteiger partial charge >= 0.3 is 6.03 Å². The first-order chi connectivity index (χ1) is 12.8. The summed E-state index contributed by atoms with van der Waals surface area (Å²) in [7, 11) is 0. The Morgan fingerprint density at radius 1 is 1.07 bits per heavy atom. The van der Waals surface area contributed by atoms with E-state index in [2.05, 4.69) is 16.0 Å². The van der Waals surface area contributed by atoms with Crippen LogP contribution >= 0.6 is 11.6 Å². The minimum absolute atomic E-state index is 0.134. The van der Waals surface area contributed by atoms with Crippen LogP contribution in [0, 0.1) is 0 Å². The molecule has 0 radical (unpaired) electrons. The monoisotopic (exact) mass is 387 g/mol. The smallest absolute Gasteiger partial charge is 0.319 e. The van der Waals surface area contributed by atoms with Crippen LogP contribution in [0.5, 0.6) is 0 Å². The zero-order chi connectivity index (χ0) is 20.0. The van der Waals surface area contributed by atoms with E-state index in [0.29, 0.717) is 10.7 Å². The van der Waals surface area contributed by atoms with Crippen molar-refractivity contribution in [3.05, 3.63) is 58.1 Å². The van der Waals surface area contributed by atoms with Gasteiger partial charge in [0.05, 0.1) is 11.7 Å². The van der Waals surface area contributed by atoms with E-state index in [9.17, 15) is 9.59 Å². The Kier molecular flexibility index (Phi) is 7.25. The lowest BCUT2D eigenvalue weighted by Crippen LogP contribution is -2.32. The number of carbonyl (C=O) groups excluding carboxylic acids is 2. The standard InChI is InChI=1S/C21H26ClN3O2/c1-5-15-10-11-19(22)18(6-2)20(15)25-21(27)23-13(3)16-8-7-9-17(12-16)24-14(4)26/h7-13H,5-6H2,1-4H3,(H,24,26)(H2,23,25,27)/t13-/m0/s1. The summed E-state index contributed by atoms with van der Waals surface area (Å²) in [6.45, 7) is 7.41. The number of nitrogens with one attached hydrogen (secondary N) is 3. The molecule has 2 aromatic carbocycles. The van der Waals surface area contributed by atoms with Crippen LogP contribution in [0.3, 0.4) is 0 Å². The van der Waals surface area contributed by atoms with Gasteiger partial charge in [0, 0.05) is 17.6 Å². The molecule has 0 aromatic heterocycles. The molecule has 144 valence electrons. The van der Waals surface area contributed by atoms with Gasteiger partial charge in [-0.2, -0.15) is 0 Å². The van der Waals surface area contributed by atoms with Crippen molar-refractivity contribution < 1.29 is 9.59 Å². The molecule has 27 heavy (non-hydrogen) atoms. The molecule has 0 fully saturated rings. The van der Waals surface area contributed by atoms with E-state index in [0.717, 1.165) is 35.2 Å². The molecule has 0 bridgehead atoms. The van der Waals surface area contributed by atoms with Crippen LogP contribution in [0.2, 0.25) is 5.02 Å². The van der Waals surface area contributed by atoms with Crippen LogP contribution in [0.15, 0.2) is 36.4 Å². The van der Waals surface area contributed by atoms with E-state index in [1.165, 1.54) is 6.92 Å². The molecule has 1 atom stereocenters. The Balaban J connectivity index is 2.14. The minimum atomic E-state index is -0.293. The van der Waals surface area contributed by atoms with Gasteiger partial charge in [0.2, 0.25) is 5.91 Å². The van der Waals surface area contributed by atoms with Crippen molar-refractivity contribution in [3.63, 3.8) is 0 Å². The third-order valence-corrected chi connectivity index (χ3v) is 4.72. The normalized spacial score (nSPS) is 11.6. The number of amides is 3. The molecule has 0 heterocycles. The van der Waals surface area contributed by atoms with Gasteiger partial charge in [0.1, 0.15) is 0 Å². The molecule has 0 saturated carbocycles. The van der Waals surface area contributed by atoms with Crippen molar-refractivity contribution in [2.45, 2.75) is 46.6 Å². The molecule has 0 aliphatic heterocycles. The number of anilines is 2. The van der Waals surface area contributed by atoms with Crippen molar-refractivity contribution in [1.29, 1.82) is 0 Å². The number of hydrogen-bond donors (Lipinski definition) is 3. The molecule has 3 amide bonds. The van der Waals surface area contributed by atoms with Gasteiger partial charge < -0.3 is 16.0 Å². The van der Waals surface area contributed by atoms with Crippen molar-refractivity contribution in [2.75, 3.05) is 10.6 Å². The Morgan fingerprint density at radius 3 is 2.44 bits per heavy atom. The predicted octanol–water partition coefficient (Wildman–Crippen LogP) is 5.31. The summed E-state index contributed by atoms with van der Waals surface area (Å²) in [6.07, 6.45) is 1.53. The number of aryl methyl sites for hydroxylation is 1. The molecule has 0 aliphatic carbocycles. The lowest BCUT2D eigenvalue weighted by atomic mass is 10.0. The van der Waals surface area contributed by atoms with Crippen LogP contribution in [0.4, 0.5) is 16.2 Å². The predicted molar refractivity (Wildman–Crippen MR) is 112 cm³/mol. The lowest BCUT2D eigenvalue weighted by molar-refractivity contribution is -0.114. The highest BCUT2D eigenvalue weighted by molar-refractivity contribution is 6.32. The molecule has 0 saturated heterocycles. The third-order valence-electron chi connectivity index (χ3n) is 4.37. The second-order valence-electron chi connectivity index (χ2n) is 6.39. The molecule has 3 N–H and O–H groups in total. The first kappa shape index (κ1) is 20.8. The Morgan fingerprint density at radius 2 is 1.81 bits per heavy atom. The second kappa shape index (κ2) is 9.42. The largest absolute Gasteiger partial charge is 0.331 e. The fraction of sp³-hybridized carbons (Fsp3) is 0.333. The first-order valence-electron chi connectivity index (χ1n) is 9.11. The Labute approximate surface area is 165 Å². The SMILES string of the molecule is CCc1ccc(Cl)c(CC)c1NC(=O)N[C@@H](C)c1cccc(NC(C)=O)c1. The highest BCUT2D eigenvalue weighted by atomic mass is 35.5. The van der Waals surface area contributed by atoms with E-state index in [4.69, 9.17) is 11.6 Å². The summed E-state index contributed by atoms with van der Waals surface area (Å²) in [5.74, 6) is -0.134. The van der Waals surface area contributed by atoms with Crippen molar-refractivity contribution in [1.82, 2.24) is 5.32 Å². The van der Waals surface area contributed by atoms with Gasteiger partial charge in [-0.3, -0.25) is 4.79 Å². The second-order valence-corrected chi connectivity index (χ2v) is 6.80. The average molecular weight is 388 g/mol. The summed E-state index contributed by atoms with van der Waals surface area (Å²) in [4.78, 5) is 23.8. The zero-order valence-electron chi connectivity index (χ0n) is 16.2. The minimum Gasteiger partial charge on any atom is -0.331 e. The first-order valence-corrected chi connectivity index (χ1v) is 9.48. The quantitative estimate of drug-likeness (QED) is 0.628. The maximum atomic E-state index is 12.6. The van der Waals surface area contributed by atoms with E-state index >= 15 is 0 Å². The maximum absolute atomic E-state index is 12.6. The number of hydrogen-bond acceptors (Lipinski definition) is 2. The Hall–Kier alpha value is -2.53.